The van der Waals surface area contributed by atoms with E-state index in [1.165, 1.54) is 17.4 Å². The first kappa shape index (κ1) is 16.6. The zero-order chi connectivity index (χ0) is 17.5. The zero-order valence-corrected chi connectivity index (χ0v) is 14.3. The number of sulfonamides is 1. The first-order chi connectivity index (χ1) is 11.4. The first-order valence-electron chi connectivity index (χ1n) is 7.04. The summed E-state index contributed by atoms with van der Waals surface area (Å²) in [5.74, 6) is -1.22. The molecule has 0 aromatic carbocycles. The van der Waals surface area contributed by atoms with Gasteiger partial charge in [-0.25, -0.2) is 8.42 Å². The number of nitriles is 1. The third-order valence-electron chi connectivity index (χ3n) is 3.94. The second-order valence-corrected chi connectivity index (χ2v) is 8.21. The van der Waals surface area contributed by atoms with E-state index in [4.69, 9.17) is 5.26 Å². The van der Waals surface area contributed by atoms with E-state index in [0.717, 1.165) is 15.4 Å². The van der Waals surface area contributed by atoms with Gasteiger partial charge in [0, 0.05) is 17.6 Å². The average Bonchev–Trinajstić information content (AvgIpc) is 3.02. The number of carbonyl (C=O) groups is 1. The molecule has 124 valence electrons. The van der Waals surface area contributed by atoms with Crippen LogP contribution in [0.2, 0.25) is 0 Å². The van der Waals surface area contributed by atoms with Crippen LogP contribution < -0.4 is 0 Å². The van der Waals surface area contributed by atoms with Crippen molar-refractivity contribution in [2.24, 2.45) is 0 Å². The quantitative estimate of drug-likeness (QED) is 0.888. The Morgan fingerprint density at radius 3 is 2.96 bits per heavy atom. The second kappa shape index (κ2) is 5.98. The van der Waals surface area contributed by atoms with Gasteiger partial charge in [-0.05, 0) is 36.4 Å². The summed E-state index contributed by atoms with van der Waals surface area (Å²) in [5, 5.41) is 20.4. The van der Waals surface area contributed by atoms with Crippen molar-refractivity contribution < 1.29 is 18.3 Å². The molecule has 7 nitrogen and oxygen atoms in total. The van der Waals surface area contributed by atoms with Gasteiger partial charge < -0.3 is 5.11 Å². The maximum Gasteiger partial charge on any atom is 0.326 e. The lowest BCUT2D eigenvalue weighted by Crippen LogP contribution is -2.43. The van der Waals surface area contributed by atoms with Gasteiger partial charge in [0.1, 0.15) is 17.0 Å². The summed E-state index contributed by atoms with van der Waals surface area (Å²) >= 11 is 1.42. The summed E-state index contributed by atoms with van der Waals surface area (Å²) in [4.78, 5) is 16.4. The molecule has 1 atom stereocenters. The van der Waals surface area contributed by atoms with Crippen LogP contribution in [0.4, 0.5) is 0 Å². The summed E-state index contributed by atoms with van der Waals surface area (Å²) in [5.41, 5.74) is 1.07. The van der Waals surface area contributed by atoms with Gasteiger partial charge in [0.15, 0.2) is 0 Å². The molecule has 3 heterocycles. The fraction of sp³-hybridized carbons (Fsp3) is 0.267. The standard InChI is InChI=1S/C15H13N3O4S2/c1-9-10(7-16)6-11(8-17-9)24(21,22)18-4-2-13-12(3-5-23-13)14(18)15(19)20/h3,5-6,8,14H,2,4H2,1H3,(H,19,20). The van der Waals surface area contributed by atoms with Gasteiger partial charge in [-0.1, -0.05) is 0 Å². The van der Waals surface area contributed by atoms with E-state index in [1.807, 2.05) is 6.07 Å². The number of fused-ring (bicyclic) bond motifs is 1. The molecular weight excluding hydrogens is 350 g/mol. The van der Waals surface area contributed by atoms with Crippen LogP contribution in [-0.4, -0.2) is 35.3 Å². The molecule has 2 aromatic heterocycles. The lowest BCUT2D eigenvalue weighted by atomic mass is 10.0. The number of hydrogen-bond donors (Lipinski definition) is 1. The van der Waals surface area contributed by atoms with Crippen molar-refractivity contribution in [3.63, 3.8) is 0 Å². The summed E-state index contributed by atoms with van der Waals surface area (Å²) < 4.78 is 26.8. The van der Waals surface area contributed by atoms with Crippen molar-refractivity contribution in [1.82, 2.24) is 9.29 Å². The normalized spacial score (nSPS) is 17.9. The Balaban J connectivity index is 2.10. The molecule has 0 aliphatic carbocycles. The molecule has 9 heteroatoms. The van der Waals surface area contributed by atoms with Crippen LogP contribution in [0.25, 0.3) is 0 Å². The molecule has 0 amide bonds. The number of aryl methyl sites for hydroxylation is 1. The molecule has 0 saturated carbocycles. The maximum absolute atomic E-state index is 12.9. The highest BCUT2D eigenvalue weighted by molar-refractivity contribution is 7.89. The highest BCUT2D eigenvalue weighted by atomic mass is 32.2. The van der Waals surface area contributed by atoms with Crippen LogP contribution in [0.5, 0.6) is 0 Å². The molecule has 1 aliphatic rings. The molecule has 1 aliphatic heterocycles. The Morgan fingerprint density at radius 1 is 1.54 bits per heavy atom. The first-order valence-corrected chi connectivity index (χ1v) is 9.36. The predicted octanol–water partition coefficient (Wildman–Crippen LogP) is 1.70. The number of carboxylic acids is 1. The van der Waals surface area contributed by atoms with E-state index in [-0.39, 0.29) is 17.0 Å². The third kappa shape index (κ3) is 2.58. The molecule has 0 radical (unpaired) electrons. The van der Waals surface area contributed by atoms with Crippen molar-refractivity contribution in [2.45, 2.75) is 24.3 Å². The van der Waals surface area contributed by atoms with E-state index in [2.05, 4.69) is 4.98 Å². The van der Waals surface area contributed by atoms with Crippen LogP contribution in [0.1, 0.15) is 27.7 Å². The monoisotopic (exact) mass is 363 g/mol. The number of aliphatic carboxylic acids is 1. The van der Waals surface area contributed by atoms with Crippen molar-refractivity contribution in [3.8, 4) is 6.07 Å². The number of nitrogens with zero attached hydrogens (tertiary/aromatic N) is 3. The zero-order valence-electron chi connectivity index (χ0n) is 12.6. The largest absolute Gasteiger partial charge is 0.480 e. The third-order valence-corrected chi connectivity index (χ3v) is 6.77. The number of pyridine rings is 1. The van der Waals surface area contributed by atoms with Crippen LogP contribution in [0.3, 0.4) is 0 Å². The Hall–Kier alpha value is -2.28. The van der Waals surface area contributed by atoms with Gasteiger partial charge in [-0.2, -0.15) is 9.57 Å². The van der Waals surface area contributed by atoms with E-state index in [9.17, 15) is 18.3 Å². The Morgan fingerprint density at radius 2 is 2.29 bits per heavy atom. The van der Waals surface area contributed by atoms with Crippen molar-refractivity contribution >= 4 is 27.3 Å². The number of hydrogen-bond acceptors (Lipinski definition) is 6. The highest BCUT2D eigenvalue weighted by Crippen LogP contribution is 2.36. The average molecular weight is 363 g/mol. The Labute approximate surface area is 142 Å². The summed E-state index contributed by atoms with van der Waals surface area (Å²) in [6.45, 7) is 1.68. The minimum absolute atomic E-state index is 0.0720. The van der Waals surface area contributed by atoms with Gasteiger partial charge in [-0.3, -0.25) is 9.78 Å². The fourth-order valence-corrected chi connectivity index (χ4v) is 5.15. The smallest absolute Gasteiger partial charge is 0.326 e. The van der Waals surface area contributed by atoms with Gasteiger partial charge >= 0.3 is 5.97 Å². The Kier molecular flexibility index (Phi) is 4.13. The molecule has 0 spiro atoms. The minimum atomic E-state index is -4.08. The summed E-state index contributed by atoms with van der Waals surface area (Å²) in [7, 11) is -4.08. The molecule has 24 heavy (non-hydrogen) atoms. The van der Waals surface area contributed by atoms with Crippen LogP contribution in [-0.2, 0) is 21.2 Å². The van der Waals surface area contributed by atoms with E-state index in [1.54, 1.807) is 18.4 Å². The second-order valence-electron chi connectivity index (χ2n) is 5.32. The van der Waals surface area contributed by atoms with Gasteiger partial charge in [0.05, 0.1) is 11.3 Å². The summed E-state index contributed by atoms with van der Waals surface area (Å²) in [6, 6.07) is 3.51. The van der Waals surface area contributed by atoms with Crippen LogP contribution >= 0.6 is 11.3 Å². The topological polar surface area (TPSA) is 111 Å². The summed E-state index contributed by atoms with van der Waals surface area (Å²) in [6.07, 6.45) is 1.62. The van der Waals surface area contributed by atoms with Crippen molar-refractivity contribution in [1.29, 1.82) is 5.26 Å². The molecule has 0 bridgehead atoms. The fourth-order valence-electron chi connectivity index (χ4n) is 2.71. The lowest BCUT2D eigenvalue weighted by Gasteiger charge is -2.32. The molecule has 0 fully saturated rings. The van der Waals surface area contributed by atoms with Gasteiger partial charge in [-0.15, -0.1) is 11.3 Å². The van der Waals surface area contributed by atoms with E-state index < -0.39 is 22.0 Å². The van der Waals surface area contributed by atoms with E-state index in [0.29, 0.717) is 17.7 Å². The van der Waals surface area contributed by atoms with Crippen LogP contribution in [0.15, 0.2) is 28.6 Å². The number of carboxylic acid groups (broad SMARTS) is 1. The molecule has 0 saturated heterocycles. The molecular formula is C15H13N3O4S2. The predicted molar refractivity (Wildman–Crippen MR) is 86.0 cm³/mol. The molecule has 3 rings (SSSR count). The Bertz CT molecular complexity index is 959. The van der Waals surface area contributed by atoms with Gasteiger partial charge in [0.2, 0.25) is 10.0 Å². The van der Waals surface area contributed by atoms with E-state index >= 15 is 0 Å². The minimum Gasteiger partial charge on any atom is -0.480 e. The van der Waals surface area contributed by atoms with Crippen molar-refractivity contribution in [3.05, 3.63) is 45.4 Å². The highest BCUT2D eigenvalue weighted by Gasteiger charge is 2.41. The number of rotatable bonds is 3. The number of thiophene rings is 1. The molecule has 1 unspecified atom stereocenters. The lowest BCUT2D eigenvalue weighted by molar-refractivity contribution is -0.142. The van der Waals surface area contributed by atoms with Crippen LogP contribution in [0, 0.1) is 18.3 Å². The SMILES string of the molecule is Cc1ncc(S(=O)(=O)N2CCc3sccc3C2C(=O)O)cc1C#N. The number of aromatic nitrogens is 1. The van der Waals surface area contributed by atoms with Gasteiger partial charge in [0.25, 0.3) is 0 Å². The molecule has 2 aromatic rings. The van der Waals surface area contributed by atoms with Crippen molar-refractivity contribution in [2.75, 3.05) is 6.54 Å². The maximum atomic E-state index is 12.9. The molecule has 1 N–H and O–H groups in total.